The molecule has 33 heavy (non-hydrogen) atoms. The number of rotatable bonds is 12. The number of aromatic nitrogens is 2. The van der Waals surface area contributed by atoms with Gasteiger partial charge in [0.05, 0.1) is 30.6 Å². The first-order valence-electron chi connectivity index (χ1n) is 11.3. The van der Waals surface area contributed by atoms with Crippen LogP contribution in [0.25, 0.3) is 0 Å². The molecule has 0 aliphatic rings. The van der Waals surface area contributed by atoms with Gasteiger partial charge in [0, 0.05) is 32.3 Å². The van der Waals surface area contributed by atoms with Crippen molar-refractivity contribution >= 4 is 5.91 Å². The molecule has 0 fully saturated rings. The van der Waals surface area contributed by atoms with Gasteiger partial charge in [0.1, 0.15) is 0 Å². The fourth-order valence-electron chi connectivity index (χ4n) is 3.76. The highest BCUT2D eigenvalue weighted by Gasteiger charge is 2.15. The van der Waals surface area contributed by atoms with Gasteiger partial charge in [-0.25, -0.2) is 0 Å². The summed E-state index contributed by atoms with van der Waals surface area (Å²) >= 11 is 0. The lowest BCUT2D eigenvalue weighted by Gasteiger charge is -2.20. The molecular weight excluding hydrogens is 416 g/mol. The van der Waals surface area contributed by atoms with Crippen molar-refractivity contribution in [3.05, 3.63) is 88.7 Å². The highest BCUT2D eigenvalue weighted by Crippen LogP contribution is 2.14. The Labute approximate surface area is 195 Å². The van der Waals surface area contributed by atoms with Crippen molar-refractivity contribution in [3.8, 4) is 0 Å². The van der Waals surface area contributed by atoms with E-state index in [4.69, 9.17) is 4.74 Å². The number of nitrogens with one attached hydrogen (secondary N) is 2. The molecule has 176 valence electrons. The van der Waals surface area contributed by atoms with Crippen molar-refractivity contribution in [1.29, 1.82) is 0 Å². The highest BCUT2D eigenvalue weighted by atomic mass is 16.5. The van der Waals surface area contributed by atoms with Crippen molar-refractivity contribution in [2.24, 2.45) is 0 Å². The van der Waals surface area contributed by atoms with E-state index < -0.39 is 6.10 Å². The molecule has 0 saturated carbocycles. The molecule has 1 aromatic heterocycles. The lowest BCUT2D eigenvalue weighted by atomic mass is 10.0. The summed E-state index contributed by atoms with van der Waals surface area (Å²) in [5.41, 5.74) is 4.40. The standard InChI is InChI=1S/C26H34N4O3/c1-4-22(27-16-25(31)20-8-6-5-7-9-20)14-19-10-12-21(13-11-19)26(32)30(2)17-23-15-24(18-33-3)29-28-23/h5-13,15,22,25,27,31H,4,14,16-18H2,1-3H3,(H,28,29)/t22-,25-/m0/s1. The molecular formula is C26H34N4O3. The summed E-state index contributed by atoms with van der Waals surface area (Å²) in [5, 5.41) is 21.0. The first-order chi connectivity index (χ1) is 16.0. The van der Waals surface area contributed by atoms with Crippen molar-refractivity contribution in [2.75, 3.05) is 20.7 Å². The van der Waals surface area contributed by atoms with E-state index in [1.54, 1.807) is 19.1 Å². The summed E-state index contributed by atoms with van der Waals surface area (Å²) < 4.78 is 5.08. The maximum atomic E-state index is 12.8. The number of hydrogen-bond donors (Lipinski definition) is 3. The third kappa shape index (κ3) is 7.25. The first-order valence-corrected chi connectivity index (χ1v) is 11.3. The Bertz CT molecular complexity index is 988. The highest BCUT2D eigenvalue weighted by molar-refractivity contribution is 5.94. The maximum absolute atomic E-state index is 12.8. The van der Waals surface area contributed by atoms with E-state index in [0.29, 0.717) is 25.3 Å². The van der Waals surface area contributed by atoms with Crippen molar-refractivity contribution in [3.63, 3.8) is 0 Å². The Hall–Kier alpha value is -3.00. The van der Waals surface area contributed by atoms with Gasteiger partial charge in [-0.2, -0.15) is 5.10 Å². The smallest absolute Gasteiger partial charge is 0.253 e. The van der Waals surface area contributed by atoms with Crippen LogP contribution in [-0.2, 0) is 24.3 Å². The zero-order valence-electron chi connectivity index (χ0n) is 19.6. The largest absolute Gasteiger partial charge is 0.387 e. The van der Waals surface area contributed by atoms with Crippen LogP contribution in [0.15, 0.2) is 60.7 Å². The second kappa shape index (κ2) is 12.3. The average Bonchev–Trinajstić information content (AvgIpc) is 3.29. The fraction of sp³-hybridized carbons (Fsp3) is 0.385. The lowest BCUT2D eigenvalue weighted by molar-refractivity contribution is 0.0783. The van der Waals surface area contributed by atoms with Gasteiger partial charge in [0.15, 0.2) is 0 Å². The summed E-state index contributed by atoms with van der Waals surface area (Å²) in [6.07, 6.45) is 1.25. The molecule has 7 heteroatoms. The topological polar surface area (TPSA) is 90.5 Å². The van der Waals surface area contributed by atoms with E-state index in [1.165, 1.54) is 0 Å². The number of carbonyl (C=O) groups is 1. The molecule has 3 rings (SSSR count). The quantitative estimate of drug-likeness (QED) is 0.393. The number of amides is 1. The predicted molar refractivity (Wildman–Crippen MR) is 129 cm³/mol. The van der Waals surface area contributed by atoms with Crippen LogP contribution in [0.2, 0.25) is 0 Å². The summed E-state index contributed by atoms with van der Waals surface area (Å²) in [5.74, 6) is -0.0411. The third-order valence-corrected chi connectivity index (χ3v) is 5.69. The van der Waals surface area contributed by atoms with Crippen molar-refractivity contribution < 1.29 is 14.6 Å². The van der Waals surface area contributed by atoms with Gasteiger partial charge in [0.2, 0.25) is 0 Å². The zero-order valence-corrected chi connectivity index (χ0v) is 19.6. The molecule has 0 spiro atoms. The normalized spacial score (nSPS) is 13.0. The van der Waals surface area contributed by atoms with E-state index in [9.17, 15) is 9.90 Å². The molecule has 0 aliphatic carbocycles. The molecule has 0 aliphatic heterocycles. The van der Waals surface area contributed by atoms with Crippen LogP contribution in [0.5, 0.6) is 0 Å². The number of aromatic amines is 1. The Morgan fingerprint density at radius 2 is 1.91 bits per heavy atom. The molecule has 2 aromatic carbocycles. The third-order valence-electron chi connectivity index (χ3n) is 5.69. The molecule has 7 nitrogen and oxygen atoms in total. The number of benzene rings is 2. The molecule has 0 saturated heterocycles. The Balaban J connectivity index is 1.51. The van der Waals surface area contributed by atoms with Crippen LogP contribution in [-0.4, -0.2) is 52.9 Å². The zero-order chi connectivity index (χ0) is 23.6. The van der Waals surface area contributed by atoms with Gasteiger partial charge in [-0.3, -0.25) is 9.89 Å². The van der Waals surface area contributed by atoms with E-state index >= 15 is 0 Å². The molecule has 3 aromatic rings. The number of nitrogens with zero attached hydrogens (tertiary/aromatic N) is 2. The number of methoxy groups -OCH3 is 1. The summed E-state index contributed by atoms with van der Waals surface area (Å²) in [4.78, 5) is 14.5. The average molecular weight is 451 g/mol. The second-order valence-electron chi connectivity index (χ2n) is 8.32. The van der Waals surface area contributed by atoms with Gasteiger partial charge in [0.25, 0.3) is 5.91 Å². The van der Waals surface area contributed by atoms with Crippen LogP contribution in [0, 0.1) is 0 Å². The van der Waals surface area contributed by atoms with Crippen LogP contribution < -0.4 is 5.32 Å². The number of hydrogen-bond acceptors (Lipinski definition) is 5. The molecule has 0 radical (unpaired) electrons. The van der Waals surface area contributed by atoms with Crippen LogP contribution in [0.3, 0.4) is 0 Å². The second-order valence-corrected chi connectivity index (χ2v) is 8.32. The number of ether oxygens (including phenoxy) is 1. The maximum Gasteiger partial charge on any atom is 0.253 e. The SMILES string of the molecule is CC[C@@H](Cc1ccc(C(=O)N(C)Cc2cc(COC)n[nH]2)cc1)NC[C@H](O)c1ccccc1. The van der Waals surface area contributed by atoms with E-state index in [-0.39, 0.29) is 11.9 Å². The number of aliphatic hydroxyl groups is 1. The minimum absolute atomic E-state index is 0.0411. The fourth-order valence-corrected chi connectivity index (χ4v) is 3.76. The lowest BCUT2D eigenvalue weighted by Crippen LogP contribution is -2.34. The van der Waals surface area contributed by atoms with E-state index in [2.05, 4.69) is 22.4 Å². The predicted octanol–water partition coefficient (Wildman–Crippen LogP) is 3.47. The van der Waals surface area contributed by atoms with Crippen molar-refractivity contribution in [2.45, 2.75) is 45.1 Å². The van der Waals surface area contributed by atoms with Gasteiger partial charge < -0.3 is 20.1 Å². The number of carbonyl (C=O) groups excluding carboxylic acids is 1. The van der Waals surface area contributed by atoms with Crippen LogP contribution in [0.1, 0.15) is 52.3 Å². The molecule has 3 N–H and O–H groups in total. The van der Waals surface area contributed by atoms with Crippen LogP contribution >= 0.6 is 0 Å². The molecule has 1 heterocycles. The summed E-state index contributed by atoms with van der Waals surface area (Å²) in [6.45, 7) is 3.52. The Kier molecular flexibility index (Phi) is 9.18. The van der Waals surface area contributed by atoms with Gasteiger partial charge >= 0.3 is 0 Å². The van der Waals surface area contributed by atoms with E-state index in [0.717, 1.165) is 35.4 Å². The summed E-state index contributed by atoms with van der Waals surface area (Å²) in [6, 6.07) is 19.6. The van der Waals surface area contributed by atoms with Crippen LogP contribution in [0.4, 0.5) is 0 Å². The van der Waals surface area contributed by atoms with E-state index in [1.807, 2.05) is 60.7 Å². The summed E-state index contributed by atoms with van der Waals surface area (Å²) in [7, 11) is 3.41. The molecule has 0 unspecified atom stereocenters. The number of aliphatic hydroxyl groups excluding tert-OH is 1. The Morgan fingerprint density at radius 1 is 1.18 bits per heavy atom. The van der Waals surface area contributed by atoms with Gasteiger partial charge in [-0.15, -0.1) is 0 Å². The monoisotopic (exact) mass is 450 g/mol. The number of H-pyrrole nitrogens is 1. The minimum Gasteiger partial charge on any atom is -0.387 e. The first kappa shape index (κ1) is 24.6. The molecule has 0 bridgehead atoms. The minimum atomic E-state index is -0.531. The van der Waals surface area contributed by atoms with Gasteiger partial charge in [-0.05, 0) is 42.2 Å². The van der Waals surface area contributed by atoms with Crippen molar-refractivity contribution in [1.82, 2.24) is 20.4 Å². The molecule has 1 amide bonds. The molecule has 2 atom stereocenters. The van der Waals surface area contributed by atoms with Gasteiger partial charge in [-0.1, -0.05) is 49.4 Å². The Morgan fingerprint density at radius 3 is 2.58 bits per heavy atom.